The lowest BCUT2D eigenvalue weighted by molar-refractivity contribution is 0.160. The molecule has 7 heteroatoms. The van der Waals surface area contributed by atoms with Crippen molar-refractivity contribution >= 4 is 28.2 Å². The van der Waals surface area contributed by atoms with Crippen LogP contribution in [0.15, 0.2) is 15.8 Å². The number of carbonyl (C=O) groups excluding carboxylic acids is 1. The molecule has 0 saturated heterocycles. The quantitative estimate of drug-likeness (QED) is 0.668. The van der Waals surface area contributed by atoms with Gasteiger partial charge in [-0.05, 0) is 29.3 Å². The monoisotopic (exact) mass is 302 g/mol. The zero-order valence-electron chi connectivity index (χ0n) is 9.81. The Morgan fingerprint density at radius 3 is 3.12 bits per heavy atom. The molecule has 1 N–H and O–H groups in total. The van der Waals surface area contributed by atoms with E-state index in [1.165, 1.54) is 10.9 Å². The minimum absolute atomic E-state index is 0.261. The Morgan fingerprint density at radius 1 is 1.71 bits per heavy atom. The standard InChI is InChI=1S/C10H15BrN4O2/c1-3-5-12-10(16)15-7-8(11)9(14-15)6-13-17-4-2/h6-7H,3-5H2,1-2H3,(H,12,16). The first-order chi connectivity index (χ1) is 8.19. The lowest BCUT2D eigenvalue weighted by atomic mass is 10.5. The summed E-state index contributed by atoms with van der Waals surface area (Å²) in [6.45, 7) is 4.94. The Kier molecular flexibility index (Phi) is 5.68. The summed E-state index contributed by atoms with van der Waals surface area (Å²) in [4.78, 5) is 16.4. The van der Waals surface area contributed by atoms with Crippen LogP contribution in [0.4, 0.5) is 4.79 Å². The van der Waals surface area contributed by atoms with E-state index in [9.17, 15) is 4.79 Å². The van der Waals surface area contributed by atoms with Crippen LogP contribution in [-0.4, -0.2) is 35.2 Å². The van der Waals surface area contributed by atoms with Crippen molar-refractivity contribution in [1.29, 1.82) is 0 Å². The molecule has 0 aliphatic rings. The van der Waals surface area contributed by atoms with E-state index < -0.39 is 0 Å². The van der Waals surface area contributed by atoms with Crippen LogP contribution in [0.3, 0.4) is 0 Å². The van der Waals surface area contributed by atoms with Gasteiger partial charge in [-0.2, -0.15) is 9.78 Å². The van der Waals surface area contributed by atoms with E-state index in [1.807, 2.05) is 13.8 Å². The Balaban J connectivity index is 2.70. The lowest BCUT2D eigenvalue weighted by Crippen LogP contribution is -2.29. The molecule has 17 heavy (non-hydrogen) atoms. The van der Waals surface area contributed by atoms with Gasteiger partial charge in [-0.25, -0.2) is 4.79 Å². The third-order valence-corrected chi connectivity index (χ3v) is 2.42. The van der Waals surface area contributed by atoms with Gasteiger partial charge in [0.05, 0.1) is 16.9 Å². The first-order valence-corrected chi connectivity index (χ1v) is 6.17. The molecular weight excluding hydrogens is 288 g/mol. The smallest absolute Gasteiger partial charge is 0.342 e. The second kappa shape index (κ2) is 7.05. The molecule has 1 heterocycles. The third-order valence-electron chi connectivity index (χ3n) is 1.81. The van der Waals surface area contributed by atoms with Crippen LogP contribution in [-0.2, 0) is 4.84 Å². The molecule has 0 aromatic carbocycles. The lowest BCUT2D eigenvalue weighted by Gasteiger charge is -2.01. The number of carbonyl (C=O) groups is 1. The van der Waals surface area contributed by atoms with Crippen molar-refractivity contribution in [3.8, 4) is 0 Å². The fourth-order valence-corrected chi connectivity index (χ4v) is 1.41. The Labute approximate surface area is 108 Å². The largest absolute Gasteiger partial charge is 0.396 e. The Hall–Kier alpha value is -1.37. The van der Waals surface area contributed by atoms with E-state index in [2.05, 4.69) is 31.5 Å². The summed E-state index contributed by atoms with van der Waals surface area (Å²) < 4.78 is 1.92. The molecule has 6 nitrogen and oxygen atoms in total. The second-order valence-corrected chi connectivity index (χ2v) is 4.05. The van der Waals surface area contributed by atoms with Crippen molar-refractivity contribution in [3.63, 3.8) is 0 Å². The molecule has 0 radical (unpaired) electrons. The minimum Gasteiger partial charge on any atom is -0.396 e. The summed E-state index contributed by atoms with van der Waals surface area (Å²) in [5, 5.41) is 10.5. The molecule has 0 saturated carbocycles. The maximum Gasteiger partial charge on any atom is 0.342 e. The van der Waals surface area contributed by atoms with E-state index in [0.717, 1.165) is 6.42 Å². The van der Waals surface area contributed by atoms with Crippen molar-refractivity contribution in [3.05, 3.63) is 16.4 Å². The first-order valence-electron chi connectivity index (χ1n) is 5.37. The molecule has 1 aromatic rings. The molecule has 0 fully saturated rings. The number of oxime groups is 1. The summed E-state index contributed by atoms with van der Waals surface area (Å²) in [5.41, 5.74) is 0.546. The van der Waals surface area contributed by atoms with Crippen LogP contribution in [0.5, 0.6) is 0 Å². The van der Waals surface area contributed by atoms with E-state index in [4.69, 9.17) is 4.84 Å². The van der Waals surface area contributed by atoms with Crippen LogP contribution in [0, 0.1) is 0 Å². The van der Waals surface area contributed by atoms with E-state index in [-0.39, 0.29) is 6.03 Å². The summed E-state index contributed by atoms with van der Waals surface area (Å²) in [5.74, 6) is 0. The molecule has 0 bridgehead atoms. The number of amides is 1. The van der Waals surface area contributed by atoms with Crippen molar-refractivity contribution in [2.45, 2.75) is 20.3 Å². The summed E-state index contributed by atoms with van der Waals surface area (Å²) in [7, 11) is 0. The summed E-state index contributed by atoms with van der Waals surface area (Å²) in [6.07, 6.45) is 3.92. The number of hydrogen-bond acceptors (Lipinski definition) is 4. The molecule has 0 unspecified atom stereocenters. The predicted molar refractivity (Wildman–Crippen MR) is 68.2 cm³/mol. The number of halogens is 1. The van der Waals surface area contributed by atoms with Gasteiger partial charge in [-0.3, -0.25) is 0 Å². The molecular formula is C10H15BrN4O2. The number of nitrogens with zero attached hydrogens (tertiary/aromatic N) is 3. The zero-order chi connectivity index (χ0) is 12.7. The minimum atomic E-state index is -0.261. The normalized spacial score (nSPS) is 10.8. The van der Waals surface area contributed by atoms with Crippen molar-refractivity contribution < 1.29 is 9.63 Å². The average molecular weight is 303 g/mol. The molecule has 0 aliphatic heterocycles. The van der Waals surface area contributed by atoms with Gasteiger partial charge in [0, 0.05) is 6.54 Å². The highest BCUT2D eigenvalue weighted by atomic mass is 79.9. The van der Waals surface area contributed by atoms with Crippen LogP contribution >= 0.6 is 15.9 Å². The zero-order valence-corrected chi connectivity index (χ0v) is 11.4. The van der Waals surface area contributed by atoms with Gasteiger partial charge in [0.15, 0.2) is 0 Å². The van der Waals surface area contributed by atoms with Gasteiger partial charge < -0.3 is 10.2 Å². The molecule has 94 valence electrons. The van der Waals surface area contributed by atoms with Gasteiger partial charge in [0.2, 0.25) is 0 Å². The molecule has 1 rings (SSSR count). The van der Waals surface area contributed by atoms with E-state index >= 15 is 0 Å². The van der Waals surface area contributed by atoms with Crippen molar-refractivity contribution in [2.75, 3.05) is 13.2 Å². The van der Waals surface area contributed by atoms with Crippen LogP contribution in [0.25, 0.3) is 0 Å². The van der Waals surface area contributed by atoms with Gasteiger partial charge in [-0.1, -0.05) is 12.1 Å². The highest BCUT2D eigenvalue weighted by molar-refractivity contribution is 9.10. The Morgan fingerprint density at radius 2 is 2.47 bits per heavy atom. The predicted octanol–water partition coefficient (Wildman–Crippen LogP) is 1.98. The fourth-order valence-electron chi connectivity index (χ4n) is 1.03. The Bertz CT molecular complexity index is 403. The van der Waals surface area contributed by atoms with E-state index in [1.54, 1.807) is 6.20 Å². The van der Waals surface area contributed by atoms with Crippen molar-refractivity contribution in [2.24, 2.45) is 5.16 Å². The van der Waals surface area contributed by atoms with Gasteiger partial charge in [0.25, 0.3) is 0 Å². The molecule has 0 atom stereocenters. The highest BCUT2D eigenvalue weighted by Gasteiger charge is 2.09. The van der Waals surface area contributed by atoms with E-state index in [0.29, 0.717) is 23.3 Å². The third kappa shape index (κ3) is 4.18. The molecule has 0 spiro atoms. The summed E-state index contributed by atoms with van der Waals surface area (Å²) >= 11 is 3.30. The SMILES string of the molecule is CCCNC(=O)n1cc(Br)c(C=NOCC)n1. The van der Waals surface area contributed by atoms with Crippen molar-refractivity contribution in [1.82, 2.24) is 15.1 Å². The molecule has 0 aliphatic carbocycles. The second-order valence-electron chi connectivity index (χ2n) is 3.19. The topological polar surface area (TPSA) is 68.5 Å². The van der Waals surface area contributed by atoms with Gasteiger partial charge >= 0.3 is 6.03 Å². The number of hydrogen-bond donors (Lipinski definition) is 1. The number of nitrogens with one attached hydrogen (secondary N) is 1. The highest BCUT2D eigenvalue weighted by Crippen LogP contribution is 2.12. The van der Waals surface area contributed by atoms with Crippen LogP contribution in [0.2, 0.25) is 0 Å². The van der Waals surface area contributed by atoms with Crippen LogP contribution in [0.1, 0.15) is 26.0 Å². The first kappa shape index (κ1) is 13.7. The number of rotatable bonds is 5. The maximum absolute atomic E-state index is 11.6. The molecule has 1 aromatic heterocycles. The number of aromatic nitrogens is 2. The van der Waals surface area contributed by atoms with Crippen LogP contribution < -0.4 is 5.32 Å². The van der Waals surface area contributed by atoms with Gasteiger partial charge in [0.1, 0.15) is 12.3 Å². The fraction of sp³-hybridized carbons (Fsp3) is 0.500. The summed E-state index contributed by atoms with van der Waals surface area (Å²) in [6, 6.07) is -0.261. The van der Waals surface area contributed by atoms with Gasteiger partial charge in [-0.15, -0.1) is 0 Å². The average Bonchev–Trinajstić information content (AvgIpc) is 2.68. The maximum atomic E-state index is 11.6. The molecule has 1 amide bonds.